The summed E-state index contributed by atoms with van der Waals surface area (Å²) in [7, 11) is -3.72. The third-order valence-corrected chi connectivity index (χ3v) is 7.49. The molecule has 34 heavy (non-hydrogen) atoms. The predicted octanol–water partition coefficient (Wildman–Crippen LogP) is 3.97. The Morgan fingerprint density at radius 2 is 1.53 bits per heavy atom. The van der Waals surface area contributed by atoms with Crippen LogP contribution in [-0.4, -0.2) is 56.9 Å². The molecule has 9 heteroatoms. The lowest BCUT2D eigenvalue weighted by Crippen LogP contribution is -2.49. The Hall–Kier alpha value is -2.88. The van der Waals surface area contributed by atoms with Gasteiger partial charge in [-0.15, -0.1) is 0 Å². The average Bonchev–Trinajstić information content (AvgIpc) is 2.85. The number of halogens is 1. The SMILES string of the molecule is O=C(COc1ccc(S(=O)(=O)Nc2ccc(Br)cc2)cc1)N1CCN(Cc2ccccc2)CC1. The highest BCUT2D eigenvalue weighted by Crippen LogP contribution is 2.21. The van der Waals surface area contributed by atoms with Crippen LogP contribution in [0.5, 0.6) is 5.75 Å². The number of hydrogen-bond acceptors (Lipinski definition) is 5. The van der Waals surface area contributed by atoms with Crippen LogP contribution in [0.25, 0.3) is 0 Å². The van der Waals surface area contributed by atoms with Crippen molar-refractivity contribution < 1.29 is 17.9 Å². The average molecular weight is 544 g/mol. The largest absolute Gasteiger partial charge is 0.484 e. The van der Waals surface area contributed by atoms with Crippen molar-refractivity contribution in [1.82, 2.24) is 9.80 Å². The minimum atomic E-state index is -3.72. The van der Waals surface area contributed by atoms with Crippen molar-refractivity contribution in [3.63, 3.8) is 0 Å². The lowest BCUT2D eigenvalue weighted by molar-refractivity contribution is -0.135. The van der Waals surface area contributed by atoms with Gasteiger partial charge in [0.25, 0.3) is 15.9 Å². The molecule has 7 nitrogen and oxygen atoms in total. The summed E-state index contributed by atoms with van der Waals surface area (Å²) in [5.74, 6) is 0.367. The van der Waals surface area contributed by atoms with E-state index in [2.05, 4.69) is 37.7 Å². The van der Waals surface area contributed by atoms with Crippen LogP contribution >= 0.6 is 15.9 Å². The Kier molecular flexibility index (Phi) is 7.87. The van der Waals surface area contributed by atoms with Crippen LogP contribution < -0.4 is 9.46 Å². The Labute approximate surface area is 208 Å². The van der Waals surface area contributed by atoms with Crippen molar-refractivity contribution in [2.45, 2.75) is 11.4 Å². The fourth-order valence-electron chi connectivity index (χ4n) is 3.68. The molecule has 1 fully saturated rings. The van der Waals surface area contributed by atoms with Gasteiger partial charge in [0.15, 0.2) is 6.61 Å². The zero-order valence-electron chi connectivity index (χ0n) is 18.6. The summed E-state index contributed by atoms with van der Waals surface area (Å²) in [4.78, 5) is 16.8. The van der Waals surface area contributed by atoms with Crippen LogP contribution in [0.2, 0.25) is 0 Å². The first-order valence-electron chi connectivity index (χ1n) is 10.9. The number of carbonyl (C=O) groups is 1. The third-order valence-electron chi connectivity index (χ3n) is 5.57. The number of hydrogen-bond donors (Lipinski definition) is 1. The number of amides is 1. The molecule has 3 aromatic carbocycles. The molecular weight excluding hydrogens is 518 g/mol. The molecule has 1 heterocycles. The first-order valence-corrected chi connectivity index (χ1v) is 13.2. The monoisotopic (exact) mass is 543 g/mol. The van der Waals surface area contributed by atoms with Gasteiger partial charge in [-0.2, -0.15) is 0 Å². The summed E-state index contributed by atoms with van der Waals surface area (Å²) in [6, 6.07) is 23.2. The second-order valence-electron chi connectivity index (χ2n) is 8.02. The summed E-state index contributed by atoms with van der Waals surface area (Å²) in [5.41, 5.74) is 1.74. The Morgan fingerprint density at radius 3 is 2.18 bits per heavy atom. The maximum Gasteiger partial charge on any atom is 0.261 e. The molecule has 1 N–H and O–H groups in total. The van der Waals surface area contributed by atoms with Gasteiger partial charge in [0, 0.05) is 42.9 Å². The lowest BCUT2D eigenvalue weighted by Gasteiger charge is -2.34. The van der Waals surface area contributed by atoms with Crippen molar-refractivity contribution >= 4 is 37.5 Å². The minimum Gasteiger partial charge on any atom is -0.484 e. The van der Waals surface area contributed by atoms with Crippen molar-refractivity contribution in [3.8, 4) is 5.75 Å². The molecule has 0 bridgehead atoms. The summed E-state index contributed by atoms with van der Waals surface area (Å²) >= 11 is 3.32. The van der Waals surface area contributed by atoms with Crippen LogP contribution in [0, 0.1) is 0 Å². The van der Waals surface area contributed by atoms with Gasteiger partial charge in [-0.3, -0.25) is 14.4 Å². The molecule has 1 aliphatic rings. The van der Waals surface area contributed by atoms with E-state index in [9.17, 15) is 13.2 Å². The quantitative estimate of drug-likeness (QED) is 0.465. The van der Waals surface area contributed by atoms with Gasteiger partial charge in [-0.05, 0) is 54.1 Å². The fourth-order valence-corrected chi connectivity index (χ4v) is 5.00. The van der Waals surface area contributed by atoms with E-state index in [4.69, 9.17) is 4.74 Å². The third kappa shape index (κ3) is 6.59. The summed E-state index contributed by atoms with van der Waals surface area (Å²) in [6.45, 7) is 3.76. The van der Waals surface area contributed by atoms with E-state index in [-0.39, 0.29) is 17.4 Å². The molecule has 3 aromatic rings. The van der Waals surface area contributed by atoms with Crippen LogP contribution in [-0.2, 0) is 21.4 Å². The number of benzene rings is 3. The van der Waals surface area contributed by atoms with Gasteiger partial charge < -0.3 is 9.64 Å². The standard InChI is InChI=1S/C25H26BrN3O4S/c26-21-6-8-22(9-7-21)27-34(31,32)24-12-10-23(11-13-24)33-19-25(30)29-16-14-28(15-17-29)18-20-4-2-1-3-5-20/h1-13,27H,14-19H2. The maximum absolute atomic E-state index is 12.6. The van der Waals surface area contributed by atoms with Crippen LogP contribution in [0.1, 0.15) is 5.56 Å². The number of nitrogens with one attached hydrogen (secondary N) is 1. The highest BCUT2D eigenvalue weighted by atomic mass is 79.9. The zero-order chi connectivity index (χ0) is 24.0. The van der Waals surface area contributed by atoms with Crippen molar-refractivity contribution in [2.24, 2.45) is 0 Å². The number of nitrogens with zero attached hydrogens (tertiary/aromatic N) is 2. The molecule has 1 aliphatic heterocycles. The normalized spacial score (nSPS) is 14.6. The molecule has 0 saturated carbocycles. The van der Waals surface area contributed by atoms with Gasteiger partial charge in [0.05, 0.1) is 4.90 Å². The van der Waals surface area contributed by atoms with E-state index in [1.165, 1.54) is 17.7 Å². The van der Waals surface area contributed by atoms with Gasteiger partial charge in [0.2, 0.25) is 0 Å². The smallest absolute Gasteiger partial charge is 0.261 e. The van der Waals surface area contributed by atoms with E-state index < -0.39 is 10.0 Å². The van der Waals surface area contributed by atoms with E-state index in [0.717, 1.165) is 24.1 Å². The second kappa shape index (κ2) is 11.0. The number of anilines is 1. The van der Waals surface area contributed by atoms with Gasteiger partial charge in [0.1, 0.15) is 5.75 Å². The Bertz CT molecular complexity index is 1200. The molecule has 178 valence electrons. The zero-order valence-corrected chi connectivity index (χ0v) is 21.0. The number of sulfonamides is 1. The lowest BCUT2D eigenvalue weighted by atomic mass is 10.2. The van der Waals surface area contributed by atoms with E-state index in [1.807, 2.05) is 23.1 Å². The first kappa shape index (κ1) is 24.3. The molecule has 0 radical (unpaired) electrons. The molecule has 0 spiro atoms. The molecule has 0 atom stereocenters. The fraction of sp³-hybridized carbons (Fsp3) is 0.240. The van der Waals surface area contributed by atoms with Crippen molar-refractivity contribution in [3.05, 3.63) is 88.9 Å². The Morgan fingerprint density at radius 1 is 0.882 bits per heavy atom. The predicted molar refractivity (Wildman–Crippen MR) is 135 cm³/mol. The molecule has 0 aromatic heterocycles. The minimum absolute atomic E-state index is 0.0760. The number of ether oxygens (including phenoxy) is 1. The topological polar surface area (TPSA) is 78.9 Å². The molecule has 4 rings (SSSR count). The number of piperazine rings is 1. The molecule has 0 unspecified atom stereocenters. The molecule has 0 aliphatic carbocycles. The van der Waals surface area contributed by atoms with Crippen LogP contribution in [0.4, 0.5) is 5.69 Å². The van der Waals surface area contributed by atoms with Crippen LogP contribution in [0.15, 0.2) is 88.2 Å². The van der Waals surface area contributed by atoms with E-state index in [0.29, 0.717) is 24.5 Å². The Balaban J connectivity index is 1.24. The van der Waals surface area contributed by atoms with E-state index >= 15 is 0 Å². The number of rotatable bonds is 8. The van der Waals surface area contributed by atoms with Crippen molar-refractivity contribution in [1.29, 1.82) is 0 Å². The molecule has 1 amide bonds. The highest BCUT2D eigenvalue weighted by molar-refractivity contribution is 9.10. The second-order valence-corrected chi connectivity index (χ2v) is 10.6. The van der Waals surface area contributed by atoms with Gasteiger partial charge in [-0.1, -0.05) is 46.3 Å². The molecular formula is C25H26BrN3O4S. The van der Waals surface area contributed by atoms with E-state index in [1.54, 1.807) is 36.4 Å². The van der Waals surface area contributed by atoms with Gasteiger partial charge >= 0.3 is 0 Å². The molecule has 1 saturated heterocycles. The summed E-state index contributed by atoms with van der Waals surface area (Å²) in [5, 5.41) is 0. The summed E-state index contributed by atoms with van der Waals surface area (Å²) < 4.78 is 34.2. The number of carbonyl (C=O) groups excluding carboxylic acids is 1. The van der Waals surface area contributed by atoms with Gasteiger partial charge in [-0.25, -0.2) is 8.42 Å². The first-order chi connectivity index (χ1) is 16.4. The van der Waals surface area contributed by atoms with Crippen molar-refractivity contribution in [2.75, 3.05) is 37.5 Å². The summed E-state index contributed by atoms with van der Waals surface area (Å²) in [6.07, 6.45) is 0. The highest BCUT2D eigenvalue weighted by Gasteiger charge is 2.21. The van der Waals surface area contributed by atoms with Crippen LogP contribution in [0.3, 0.4) is 0 Å². The maximum atomic E-state index is 12.6.